The summed E-state index contributed by atoms with van der Waals surface area (Å²) in [7, 11) is 0. The first-order valence-corrected chi connectivity index (χ1v) is 11.5. The topological polar surface area (TPSA) is 31.6 Å². The Morgan fingerprint density at radius 3 is 2.38 bits per heavy atom. The summed E-state index contributed by atoms with van der Waals surface area (Å²) in [5, 5.41) is 4.90. The predicted molar refractivity (Wildman–Crippen MR) is 127 cm³/mol. The molecule has 2 heterocycles. The molecule has 0 atom stereocenters. The van der Waals surface area contributed by atoms with Crippen LogP contribution >= 0.6 is 43.6 Å². The van der Waals surface area contributed by atoms with E-state index in [2.05, 4.69) is 115 Å². The molecule has 32 heavy (non-hydrogen) atoms. The third-order valence-electron chi connectivity index (χ3n) is 5.25. The minimum Gasteiger partial charge on any atom is -1.00 e. The van der Waals surface area contributed by atoms with E-state index in [4.69, 9.17) is 0 Å². The van der Waals surface area contributed by atoms with Crippen LogP contribution < -0.4 is 24.8 Å². The number of H-pyrrole nitrogens is 2. The fourth-order valence-corrected chi connectivity index (χ4v) is 5.99. The summed E-state index contributed by atoms with van der Waals surface area (Å²) in [6.07, 6.45) is 6.67. The van der Waals surface area contributed by atoms with Crippen molar-refractivity contribution < 1.29 is 51.0 Å². The monoisotopic (exact) mass is 678 g/mol. The molecule has 2 aliphatic heterocycles. The fraction of sp³-hybridized carbons (Fsp3) is 0. The smallest absolute Gasteiger partial charge is 1.00 e. The number of hydrogen-bond acceptors (Lipinski definition) is 1. The van der Waals surface area contributed by atoms with Gasteiger partial charge in [0.2, 0.25) is 0 Å². The molecule has 6 rings (SSSR count). The molecule has 0 bridgehead atoms. The van der Waals surface area contributed by atoms with Crippen LogP contribution in [0.3, 0.4) is 0 Å². The average Bonchev–Trinajstić information content (AvgIpc) is 3.28. The van der Waals surface area contributed by atoms with E-state index < -0.39 is 0 Å². The molecule has 0 unspecified atom stereocenters. The fourth-order valence-electron chi connectivity index (χ4n) is 3.99. The third kappa shape index (κ3) is 4.24. The number of pyridine rings is 2. The van der Waals surface area contributed by atoms with Crippen molar-refractivity contribution in [2.45, 2.75) is 9.79 Å². The van der Waals surface area contributed by atoms with Gasteiger partial charge in [-0.15, -0.1) is 34.5 Å². The van der Waals surface area contributed by atoms with Crippen molar-refractivity contribution in [3.05, 3.63) is 82.3 Å². The molecule has 0 aromatic heterocycles. The maximum Gasteiger partial charge on any atom is 4.00 e. The van der Waals surface area contributed by atoms with Gasteiger partial charge in [0, 0.05) is 9.21 Å². The zero-order valence-corrected chi connectivity index (χ0v) is 24.2. The molecule has 4 aliphatic rings. The molecule has 2 aromatic rings. The summed E-state index contributed by atoms with van der Waals surface area (Å²) >= 11 is 9.00. The number of rotatable bonds is 2. The zero-order chi connectivity index (χ0) is 19.5. The first-order valence-electron chi connectivity index (χ1n) is 9.09. The van der Waals surface area contributed by atoms with Gasteiger partial charge < -0.3 is 34.8 Å². The first kappa shape index (κ1) is 25.9. The molecule has 2 aromatic carbocycles. The molecule has 0 radical (unpaired) electrons. The van der Waals surface area contributed by atoms with Crippen LogP contribution in [0.2, 0.25) is 0 Å². The van der Waals surface area contributed by atoms with E-state index in [1.54, 1.807) is 11.8 Å². The Labute approximate surface area is 238 Å². The van der Waals surface area contributed by atoms with Gasteiger partial charge in [-0.3, -0.25) is 0 Å². The zero-order valence-electron chi connectivity index (χ0n) is 16.2. The number of hydrogen-bond donors (Lipinski definition) is 2. The molecule has 8 heteroatoms. The second kappa shape index (κ2) is 10.3. The third-order valence-corrected chi connectivity index (χ3v) is 7.72. The summed E-state index contributed by atoms with van der Waals surface area (Å²) in [5.41, 5.74) is 4.61. The van der Waals surface area contributed by atoms with Crippen LogP contribution in [0.25, 0.3) is 43.8 Å². The molecule has 0 amide bonds. The van der Waals surface area contributed by atoms with Gasteiger partial charge in [0.25, 0.3) is 0 Å². The molecule has 0 spiro atoms. The molecule has 2 nitrogen and oxygen atoms in total. The van der Waals surface area contributed by atoms with E-state index in [-0.39, 0.29) is 51.0 Å². The summed E-state index contributed by atoms with van der Waals surface area (Å²) in [5.74, 6) is 0. The van der Waals surface area contributed by atoms with Crippen molar-refractivity contribution in [3.8, 4) is 22.3 Å². The minimum absolute atomic E-state index is 0. The Morgan fingerprint density at radius 1 is 0.781 bits per heavy atom. The van der Waals surface area contributed by atoms with Gasteiger partial charge in [0.15, 0.2) is 0 Å². The van der Waals surface area contributed by atoms with E-state index >= 15 is 0 Å². The predicted octanol–water partition coefficient (Wildman–Crippen LogP) is 2.14. The van der Waals surface area contributed by atoms with Crippen molar-refractivity contribution in [3.63, 3.8) is 0 Å². The van der Waals surface area contributed by atoms with Gasteiger partial charge in [-0.1, -0.05) is 126 Å². The summed E-state index contributed by atoms with van der Waals surface area (Å²) < 4.78 is 1.87. The van der Waals surface area contributed by atoms with Crippen molar-refractivity contribution >= 4 is 65.2 Å². The Hall–Kier alpha value is -0.747. The van der Waals surface area contributed by atoms with Gasteiger partial charge >= 0.3 is 26.2 Å². The minimum atomic E-state index is 0. The van der Waals surface area contributed by atoms with Gasteiger partial charge in [-0.2, -0.15) is 0 Å². The molecule has 0 saturated carbocycles. The van der Waals surface area contributed by atoms with Crippen molar-refractivity contribution in [1.29, 1.82) is 0 Å². The van der Waals surface area contributed by atoms with E-state index in [0.29, 0.717) is 0 Å². The van der Waals surface area contributed by atoms with E-state index in [1.165, 1.54) is 37.6 Å². The molecule has 156 valence electrons. The largest absolute Gasteiger partial charge is 4.00 e. The van der Waals surface area contributed by atoms with E-state index in [0.717, 1.165) is 25.2 Å². The Balaban J connectivity index is 0.000000963. The van der Waals surface area contributed by atoms with Gasteiger partial charge in [0.05, 0.1) is 0 Å². The average molecular weight is 682 g/mol. The second-order valence-corrected chi connectivity index (χ2v) is 9.65. The van der Waals surface area contributed by atoms with Crippen LogP contribution in [0, 0.1) is 12.4 Å². The number of fused-ring (bicyclic) bond motifs is 6. The molecule has 0 saturated heterocycles. The van der Waals surface area contributed by atoms with Crippen LogP contribution in [0.1, 0.15) is 0 Å². The molecular weight excluding hydrogens is 670 g/mol. The molecule has 2 N–H and O–H groups in total. The van der Waals surface area contributed by atoms with Gasteiger partial charge in [0.1, 0.15) is 0 Å². The normalized spacial score (nSPS) is 10.8. The maximum absolute atomic E-state index is 3.72. The maximum atomic E-state index is 3.72. The number of halogens is 4. The van der Waals surface area contributed by atoms with Crippen LogP contribution in [0.15, 0.2) is 79.7 Å². The van der Waals surface area contributed by atoms with Crippen LogP contribution in [0.4, 0.5) is 0 Å². The van der Waals surface area contributed by atoms with Crippen LogP contribution in [-0.4, -0.2) is 9.97 Å². The Kier molecular flexibility index (Phi) is 8.29. The second-order valence-electron chi connectivity index (χ2n) is 6.95. The van der Waals surface area contributed by atoms with Crippen molar-refractivity contribution in [2.24, 2.45) is 0 Å². The van der Waals surface area contributed by atoms with E-state index in [1.807, 2.05) is 0 Å². The number of aromatic amines is 2. The summed E-state index contributed by atoms with van der Waals surface area (Å²) in [4.78, 5) is 8.81. The number of benzene rings is 2. The molecular formula is C24H12Br2Cl2N2SZr. The number of nitrogens with one attached hydrogen (secondary N) is 2. The van der Waals surface area contributed by atoms with Crippen LogP contribution in [-0.2, 0) is 26.2 Å². The Bertz CT molecular complexity index is 1480. The summed E-state index contributed by atoms with van der Waals surface area (Å²) in [6.45, 7) is 0. The van der Waals surface area contributed by atoms with Crippen molar-refractivity contribution in [1.82, 2.24) is 9.97 Å². The molecule has 0 fully saturated rings. The quantitative estimate of drug-likeness (QED) is 0.213. The Morgan fingerprint density at radius 2 is 1.53 bits per heavy atom. The SMILES string of the molecule is Brc1cc2cc3cccc(Sc4c5cc6ccccc6c-5[c-][nH]c4Br)c3c-2[c-][nH]1.[Cl-].[Cl-].[Zr+4]. The van der Waals surface area contributed by atoms with Crippen molar-refractivity contribution in [2.75, 3.05) is 0 Å². The van der Waals surface area contributed by atoms with Crippen LogP contribution in [0.5, 0.6) is 0 Å². The number of aromatic nitrogens is 2. The van der Waals surface area contributed by atoms with E-state index in [9.17, 15) is 0 Å². The first-order chi connectivity index (χ1) is 14.2. The standard InChI is InChI=1S/C24H12Br2N2S.2ClH.Zr/c25-21-10-15-8-14-5-3-7-20(22(14)18(15)11-27-21)29-23-17-9-13-4-1-2-6-16(13)19(17)12-28-24(23)26;;;/h1-10,27-28H;2*1H;/q-2;;;+4/p-2. The van der Waals surface area contributed by atoms with Gasteiger partial charge in [-0.25, -0.2) is 0 Å². The summed E-state index contributed by atoms with van der Waals surface area (Å²) in [6, 6.07) is 21.5. The van der Waals surface area contributed by atoms with Gasteiger partial charge in [-0.05, 0) is 9.79 Å². The molecule has 2 aliphatic carbocycles.